The molecule has 0 bridgehead atoms. The highest BCUT2D eigenvalue weighted by molar-refractivity contribution is 5.97. The first-order valence-electron chi connectivity index (χ1n) is 11.8. The van der Waals surface area contributed by atoms with Crippen LogP contribution < -0.4 is 5.32 Å². The first kappa shape index (κ1) is 24.7. The molecule has 1 aliphatic rings. The molecule has 3 aromatic carbocycles. The van der Waals surface area contributed by atoms with Crippen LogP contribution in [-0.2, 0) is 14.3 Å². The van der Waals surface area contributed by atoms with Gasteiger partial charge in [0.1, 0.15) is 6.61 Å². The lowest BCUT2D eigenvalue weighted by Crippen LogP contribution is -2.26. The number of fused-ring (bicyclic) bond motifs is 3. The van der Waals surface area contributed by atoms with Crippen molar-refractivity contribution < 1.29 is 23.9 Å². The van der Waals surface area contributed by atoms with Gasteiger partial charge in [0.05, 0.1) is 13.5 Å². The van der Waals surface area contributed by atoms with Gasteiger partial charge in [-0.2, -0.15) is 0 Å². The van der Waals surface area contributed by atoms with Gasteiger partial charge in [-0.05, 0) is 34.4 Å². The fourth-order valence-electron chi connectivity index (χ4n) is 4.24. The molecule has 6 nitrogen and oxygen atoms in total. The maximum Gasteiger partial charge on any atom is 0.407 e. The molecule has 6 heteroatoms. The molecular formula is C30H27NO5. The van der Waals surface area contributed by atoms with Crippen LogP contribution in [0.1, 0.15) is 52.2 Å². The maximum atomic E-state index is 12.2. The zero-order chi connectivity index (χ0) is 25.3. The average Bonchev–Trinajstić information content (AvgIpc) is 3.24. The van der Waals surface area contributed by atoms with Crippen LogP contribution in [-0.4, -0.2) is 38.1 Å². The standard InChI is InChI=1S/C30H27NO5/c1-35-29(33)18-17-28(32)22-15-13-21(14-16-22)8-6-7-19-31-30(34)36-20-27-25-11-4-2-9-23(25)24-10-3-5-12-26(24)27/h2-5,9-16,27H,7,17-20H2,1H3,(H,31,34). The van der Waals surface area contributed by atoms with Crippen LogP contribution in [0.4, 0.5) is 4.79 Å². The van der Waals surface area contributed by atoms with Crippen LogP contribution in [0.25, 0.3) is 11.1 Å². The number of benzene rings is 3. The lowest BCUT2D eigenvalue weighted by atomic mass is 9.98. The van der Waals surface area contributed by atoms with Crippen molar-refractivity contribution in [3.05, 3.63) is 95.1 Å². The van der Waals surface area contributed by atoms with Gasteiger partial charge in [-0.3, -0.25) is 9.59 Å². The van der Waals surface area contributed by atoms with Crippen molar-refractivity contribution in [3.63, 3.8) is 0 Å². The number of rotatable bonds is 8. The highest BCUT2D eigenvalue weighted by Gasteiger charge is 2.28. The average molecular weight is 482 g/mol. The summed E-state index contributed by atoms with van der Waals surface area (Å²) in [6.07, 6.45) is 0.171. The molecule has 0 atom stereocenters. The molecular weight excluding hydrogens is 454 g/mol. The van der Waals surface area contributed by atoms with Crippen molar-refractivity contribution in [3.8, 4) is 23.0 Å². The number of methoxy groups -OCH3 is 1. The van der Waals surface area contributed by atoms with Crippen molar-refractivity contribution in [1.29, 1.82) is 0 Å². The van der Waals surface area contributed by atoms with Gasteiger partial charge in [0, 0.05) is 36.4 Å². The van der Waals surface area contributed by atoms with Crippen LogP contribution in [0.15, 0.2) is 72.8 Å². The molecule has 1 amide bonds. The molecule has 1 N–H and O–H groups in total. The van der Waals surface area contributed by atoms with Crippen molar-refractivity contribution in [2.45, 2.75) is 25.2 Å². The molecule has 0 aliphatic heterocycles. The predicted octanol–water partition coefficient (Wildman–Crippen LogP) is 5.10. The molecule has 0 radical (unpaired) electrons. The van der Waals surface area contributed by atoms with Crippen LogP contribution in [0.2, 0.25) is 0 Å². The minimum atomic E-state index is -0.464. The number of nitrogens with one attached hydrogen (secondary N) is 1. The van der Waals surface area contributed by atoms with E-state index >= 15 is 0 Å². The number of ketones is 1. The van der Waals surface area contributed by atoms with E-state index in [-0.39, 0.29) is 31.1 Å². The van der Waals surface area contributed by atoms with Crippen molar-refractivity contribution in [1.82, 2.24) is 5.32 Å². The van der Waals surface area contributed by atoms with Gasteiger partial charge in [0.2, 0.25) is 0 Å². The molecule has 4 rings (SSSR count). The molecule has 0 saturated carbocycles. The summed E-state index contributed by atoms with van der Waals surface area (Å²) in [4.78, 5) is 35.5. The number of ether oxygens (including phenoxy) is 2. The highest BCUT2D eigenvalue weighted by Crippen LogP contribution is 2.44. The quantitative estimate of drug-likeness (QED) is 0.209. The summed E-state index contributed by atoms with van der Waals surface area (Å²) in [6, 6.07) is 23.3. The second-order valence-corrected chi connectivity index (χ2v) is 8.38. The molecule has 182 valence electrons. The molecule has 3 aromatic rings. The molecule has 0 unspecified atom stereocenters. The van der Waals surface area contributed by atoms with Crippen LogP contribution in [0.3, 0.4) is 0 Å². The van der Waals surface area contributed by atoms with Crippen molar-refractivity contribution in [2.24, 2.45) is 0 Å². The van der Waals surface area contributed by atoms with Gasteiger partial charge in [-0.15, -0.1) is 0 Å². The van der Waals surface area contributed by atoms with Gasteiger partial charge >= 0.3 is 12.1 Å². The molecule has 0 spiro atoms. The summed E-state index contributed by atoms with van der Waals surface area (Å²) < 4.78 is 10.1. The predicted molar refractivity (Wildman–Crippen MR) is 137 cm³/mol. The van der Waals surface area contributed by atoms with Crippen LogP contribution in [0.5, 0.6) is 0 Å². The molecule has 0 fully saturated rings. The molecule has 0 aromatic heterocycles. The van der Waals surface area contributed by atoms with Crippen LogP contribution in [0, 0.1) is 11.8 Å². The third kappa shape index (κ3) is 6.00. The Morgan fingerprint density at radius 1 is 0.861 bits per heavy atom. The fourth-order valence-corrected chi connectivity index (χ4v) is 4.24. The number of carbonyl (C=O) groups excluding carboxylic acids is 3. The molecule has 0 heterocycles. The summed E-state index contributed by atoms with van der Waals surface area (Å²) in [6.45, 7) is 0.643. The summed E-state index contributed by atoms with van der Waals surface area (Å²) in [5, 5.41) is 2.75. The normalized spacial score (nSPS) is 11.5. The lowest BCUT2D eigenvalue weighted by Gasteiger charge is -2.14. The highest BCUT2D eigenvalue weighted by atomic mass is 16.5. The number of hydrogen-bond acceptors (Lipinski definition) is 5. The van der Waals surface area contributed by atoms with Gasteiger partial charge in [-0.1, -0.05) is 72.5 Å². The zero-order valence-corrected chi connectivity index (χ0v) is 20.1. The van der Waals surface area contributed by atoms with Crippen molar-refractivity contribution in [2.75, 3.05) is 20.3 Å². The zero-order valence-electron chi connectivity index (χ0n) is 20.1. The van der Waals surface area contributed by atoms with E-state index in [0.717, 1.165) is 5.56 Å². The van der Waals surface area contributed by atoms with E-state index in [4.69, 9.17) is 4.74 Å². The van der Waals surface area contributed by atoms with E-state index in [1.54, 1.807) is 24.3 Å². The van der Waals surface area contributed by atoms with E-state index < -0.39 is 12.1 Å². The Hall–Kier alpha value is -4.37. The number of alkyl carbamates (subject to hydrolysis) is 1. The topological polar surface area (TPSA) is 81.7 Å². The lowest BCUT2D eigenvalue weighted by molar-refractivity contribution is -0.140. The Kier molecular flexibility index (Phi) is 8.15. The second kappa shape index (κ2) is 11.9. The SMILES string of the molecule is COC(=O)CCC(=O)c1ccc(C#CCCNC(=O)OCC2c3ccccc3-c3ccccc32)cc1. The Bertz CT molecular complexity index is 1270. The van der Waals surface area contributed by atoms with Gasteiger partial charge in [0.15, 0.2) is 5.78 Å². The monoisotopic (exact) mass is 481 g/mol. The Labute approximate surface area is 210 Å². The first-order valence-corrected chi connectivity index (χ1v) is 11.8. The minimum Gasteiger partial charge on any atom is -0.469 e. The first-order chi connectivity index (χ1) is 17.6. The van der Waals surface area contributed by atoms with Gasteiger partial charge < -0.3 is 14.8 Å². The smallest absolute Gasteiger partial charge is 0.407 e. The van der Waals surface area contributed by atoms with E-state index in [1.807, 2.05) is 24.3 Å². The molecule has 1 aliphatic carbocycles. The number of carbonyl (C=O) groups is 3. The number of amides is 1. The van der Waals surface area contributed by atoms with E-state index in [0.29, 0.717) is 18.5 Å². The fraction of sp³-hybridized carbons (Fsp3) is 0.233. The second-order valence-electron chi connectivity index (χ2n) is 8.38. The summed E-state index contributed by atoms with van der Waals surface area (Å²) in [7, 11) is 1.30. The van der Waals surface area contributed by atoms with E-state index in [2.05, 4.69) is 46.2 Å². The van der Waals surface area contributed by atoms with Crippen LogP contribution >= 0.6 is 0 Å². The number of Topliss-reactive ketones (excluding diaryl/α,β-unsaturated/α-hetero) is 1. The van der Waals surface area contributed by atoms with Gasteiger partial charge in [-0.25, -0.2) is 4.79 Å². The minimum absolute atomic E-state index is 0.0262. The number of esters is 1. The summed E-state index contributed by atoms with van der Waals surface area (Å²) in [5.74, 6) is 5.53. The van der Waals surface area contributed by atoms with Crippen molar-refractivity contribution >= 4 is 17.8 Å². The Balaban J connectivity index is 1.21. The number of hydrogen-bond donors (Lipinski definition) is 1. The Morgan fingerprint density at radius 3 is 2.14 bits per heavy atom. The summed E-state index contributed by atoms with van der Waals surface area (Å²) >= 11 is 0. The molecule has 36 heavy (non-hydrogen) atoms. The van der Waals surface area contributed by atoms with E-state index in [9.17, 15) is 14.4 Å². The van der Waals surface area contributed by atoms with E-state index in [1.165, 1.54) is 29.4 Å². The summed E-state index contributed by atoms with van der Waals surface area (Å²) in [5.41, 5.74) is 6.02. The Morgan fingerprint density at radius 2 is 1.50 bits per heavy atom. The maximum absolute atomic E-state index is 12.2. The molecule has 0 saturated heterocycles. The third-order valence-electron chi connectivity index (χ3n) is 6.09. The van der Waals surface area contributed by atoms with Gasteiger partial charge in [0.25, 0.3) is 0 Å². The largest absolute Gasteiger partial charge is 0.469 e. The third-order valence-corrected chi connectivity index (χ3v) is 6.09.